The maximum absolute atomic E-state index is 11.8. The van der Waals surface area contributed by atoms with Crippen molar-refractivity contribution in [1.82, 2.24) is 20.0 Å². The number of nitrogens with zero attached hydrogens (tertiary/aromatic N) is 2. The van der Waals surface area contributed by atoms with E-state index in [0.29, 0.717) is 6.54 Å². The van der Waals surface area contributed by atoms with Gasteiger partial charge in [0.1, 0.15) is 5.65 Å². The molecule has 0 spiro atoms. The van der Waals surface area contributed by atoms with E-state index in [1.165, 1.54) is 0 Å². The minimum Gasteiger partial charge on any atom is -0.354 e. The van der Waals surface area contributed by atoms with E-state index in [1.807, 2.05) is 35.0 Å². The fourth-order valence-corrected chi connectivity index (χ4v) is 2.45. The van der Waals surface area contributed by atoms with Gasteiger partial charge in [-0.15, -0.1) is 0 Å². The average molecular weight is 258 g/mol. The van der Waals surface area contributed by atoms with Crippen LogP contribution in [0.4, 0.5) is 0 Å². The lowest BCUT2D eigenvalue weighted by Gasteiger charge is -2.10. The molecule has 1 aliphatic heterocycles. The summed E-state index contributed by atoms with van der Waals surface area (Å²) in [4.78, 5) is 16.3. The quantitative estimate of drug-likeness (QED) is 0.850. The Morgan fingerprint density at radius 2 is 2.47 bits per heavy atom. The largest absolute Gasteiger partial charge is 0.354 e. The Labute approximate surface area is 112 Å². The molecule has 1 amide bonds. The average Bonchev–Trinajstić information content (AvgIpc) is 3.07. The van der Waals surface area contributed by atoms with Crippen molar-refractivity contribution in [1.29, 1.82) is 0 Å². The van der Waals surface area contributed by atoms with Crippen molar-refractivity contribution in [3.05, 3.63) is 36.3 Å². The Hall–Kier alpha value is -1.88. The van der Waals surface area contributed by atoms with Crippen LogP contribution in [0.1, 0.15) is 18.5 Å². The Balaban J connectivity index is 1.53. The lowest BCUT2D eigenvalue weighted by molar-refractivity contribution is -0.122. The third-order valence-corrected chi connectivity index (χ3v) is 3.47. The van der Waals surface area contributed by atoms with Crippen molar-refractivity contribution in [2.45, 2.75) is 25.3 Å². The first-order valence-corrected chi connectivity index (χ1v) is 6.76. The molecule has 5 nitrogen and oxygen atoms in total. The lowest BCUT2D eigenvalue weighted by atomic mass is 10.2. The van der Waals surface area contributed by atoms with E-state index >= 15 is 0 Å². The van der Waals surface area contributed by atoms with Crippen molar-refractivity contribution >= 4 is 11.6 Å². The minimum absolute atomic E-state index is 0.000989. The zero-order valence-electron chi connectivity index (χ0n) is 10.8. The highest BCUT2D eigenvalue weighted by Crippen LogP contribution is 2.06. The summed E-state index contributed by atoms with van der Waals surface area (Å²) in [5, 5.41) is 6.16. The van der Waals surface area contributed by atoms with Crippen LogP contribution in [0.3, 0.4) is 0 Å². The van der Waals surface area contributed by atoms with E-state index in [1.54, 1.807) is 0 Å². The molecule has 0 aliphatic carbocycles. The standard InChI is InChI=1S/C14H18N4O/c19-14(12-4-3-7-15-12)16-8-6-11-10-18-9-2-1-5-13(18)17-11/h1-2,5,9-10,12,15H,3-4,6-8H2,(H,16,19). The number of fused-ring (bicyclic) bond motifs is 1. The first-order valence-electron chi connectivity index (χ1n) is 6.76. The van der Waals surface area contributed by atoms with Crippen molar-refractivity contribution in [3.63, 3.8) is 0 Å². The number of nitrogens with one attached hydrogen (secondary N) is 2. The molecule has 1 saturated heterocycles. The Morgan fingerprint density at radius 3 is 3.26 bits per heavy atom. The van der Waals surface area contributed by atoms with Gasteiger partial charge in [-0.2, -0.15) is 0 Å². The molecule has 2 aromatic rings. The second-order valence-corrected chi connectivity index (χ2v) is 4.89. The Kier molecular flexibility index (Phi) is 3.46. The summed E-state index contributed by atoms with van der Waals surface area (Å²) in [5.74, 6) is 0.112. The molecule has 1 atom stereocenters. The van der Waals surface area contributed by atoms with Gasteiger partial charge in [-0.3, -0.25) is 4.79 Å². The molecule has 0 saturated carbocycles. The van der Waals surface area contributed by atoms with Crippen LogP contribution in [0.2, 0.25) is 0 Å². The topological polar surface area (TPSA) is 58.4 Å². The van der Waals surface area contributed by atoms with Gasteiger partial charge in [-0.25, -0.2) is 4.98 Å². The zero-order chi connectivity index (χ0) is 13.1. The number of carbonyl (C=O) groups excluding carboxylic acids is 1. The van der Waals surface area contributed by atoms with Gasteiger partial charge in [-0.05, 0) is 31.5 Å². The number of amides is 1. The monoisotopic (exact) mass is 258 g/mol. The van der Waals surface area contributed by atoms with E-state index < -0.39 is 0 Å². The molecule has 3 rings (SSSR count). The molecule has 5 heteroatoms. The van der Waals surface area contributed by atoms with Crippen molar-refractivity contribution in [2.24, 2.45) is 0 Å². The highest BCUT2D eigenvalue weighted by Gasteiger charge is 2.21. The molecule has 100 valence electrons. The second-order valence-electron chi connectivity index (χ2n) is 4.89. The number of pyridine rings is 1. The highest BCUT2D eigenvalue weighted by molar-refractivity contribution is 5.81. The first-order chi connectivity index (χ1) is 9.33. The normalized spacial score (nSPS) is 18.8. The van der Waals surface area contributed by atoms with E-state index in [9.17, 15) is 4.79 Å². The molecule has 1 fully saturated rings. The van der Waals surface area contributed by atoms with Gasteiger partial charge in [0.05, 0.1) is 11.7 Å². The molecular formula is C14H18N4O. The number of rotatable bonds is 4. The Morgan fingerprint density at radius 1 is 1.53 bits per heavy atom. The number of carbonyl (C=O) groups is 1. The van der Waals surface area contributed by atoms with Gasteiger partial charge in [0.15, 0.2) is 0 Å². The molecule has 2 aromatic heterocycles. The molecule has 1 unspecified atom stereocenters. The third kappa shape index (κ3) is 2.76. The van der Waals surface area contributed by atoms with Crippen molar-refractivity contribution in [2.75, 3.05) is 13.1 Å². The molecule has 0 bridgehead atoms. The van der Waals surface area contributed by atoms with Crippen LogP contribution in [0.25, 0.3) is 5.65 Å². The van der Waals surface area contributed by atoms with Gasteiger partial charge in [0, 0.05) is 25.4 Å². The van der Waals surface area contributed by atoms with E-state index in [2.05, 4.69) is 15.6 Å². The van der Waals surface area contributed by atoms with E-state index in [4.69, 9.17) is 0 Å². The summed E-state index contributed by atoms with van der Waals surface area (Å²) in [6.07, 6.45) is 6.78. The molecule has 0 radical (unpaired) electrons. The molecule has 2 N–H and O–H groups in total. The summed E-state index contributed by atoms with van der Waals surface area (Å²) < 4.78 is 2.00. The van der Waals surface area contributed by atoms with Gasteiger partial charge < -0.3 is 15.0 Å². The van der Waals surface area contributed by atoms with E-state index in [-0.39, 0.29) is 11.9 Å². The summed E-state index contributed by atoms with van der Waals surface area (Å²) in [6.45, 7) is 1.59. The van der Waals surface area contributed by atoms with Crippen LogP contribution in [-0.2, 0) is 11.2 Å². The summed E-state index contributed by atoms with van der Waals surface area (Å²) in [7, 11) is 0. The van der Waals surface area contributed by atoms with Gasteiger partial charge in [0.25, 0.3) is 0 Å². The molecule has 0 aromatic carbocycles. The summed E-state index contributed by atoms with van der Waals surface area (Å²) in [6, 6.07) is 5.93. The van der Waals surface area contributed by atoms with E-state index in [0.717, 1.165) is 37.1 Å². The first kappa shape index (κ1) is 12.2. The lowest BCUT2D eigenvalue weighted by Crippen LogP contribution is -2.41. The van der Waals surface area contributed by atoms with Crippen LogP contribution in [-0.4, -0.2) is 34.4 Å². The fourth-order valence-electron chi connectivity index (χ4n) is 2.45. The van der Waals surface area contributed by atoms with Crippen molar-refractivity contribution < 1.29 is 4.79 Å². The highest BCUT2D eigenvalue weighted by atomic mass is 16.2. The fraction of sp³-hybridized carbons (Fsp3) is 0.429. The molecule has 3 heterocycles. The second kappa shape index (κ2) is 5.40. The van der Waals surface area contributed by atoms with Crippen LogP contribution in [0.5, 0.6) is 0 Å². The van der Waals surface area contributed by atoms with Gasteiger partial charge in [0.2, 0.25) is 5.91 Å². The third-order valence-electron chi connectivity index (χ3n) is 3.47. The van der Waals surface area contributed by atoms with Crippen LogP contribution >= 0.6 is 0 Å². The Bertz CT molecular complexity index is 539. The van der Waals surface area contributed by atoms with Gasteiger partial charge >= 0.3 is 0 Å². The van der Waals surface area contributed by atoms with Crippen molar-refractivity contribution in [3.8, 4) is 0 Å². The van der Waals surface area contributed by atoms with Gasteiger partial charge in [-0.1, -0.05) is 6.07 Å². The van der Waals surface area contributed by atoms with Crippen LogP contribution in [0, 0.1) is 0 Å². The predicted molar refractivity (Wildman–Crippen MR) is 72.9 cm³/mol. The zero-order valence-corrected chi connectivity index (χ0v) is 10.8. The predicted octanol–water partition coefficient (Wildman–Crippen LogP) is 0.745. The summed E-state index contributed by atoms with van der Waals surface area (Å²) >= 11 is 0. The maximum atomic E-state index is 11.8. The van der Waals surface area contributed by atoms with Crippen LogP contribution in [0.15, 0.2) is 30.6 Å². The van der Waals surface area contributed by atoms with Crippen LogP contribution < -0.4 is 10.6 Å². The minimum atomic E-state index is 0.000989. The smallest absolute Gasteiger partial charge is 0.237 e. The SMILES string of the molecule is O=C(NCCc1cn2ccccc2n1)C1CCCN1. The summed E-state index contributed by atoms with van der Waals surface area (Å²) in [5.41, 5.74) is 1.95. The number of imidazole rings is 1. The molecule has 1 aliphatic rings. The number of aromatic nitrogens is 2. The molecule has 19 heavy (non-hydrogen) atoms. The number of hydrogen-bond donors (Lipinski definition) is 2. The maximum Gasteiger partial charge on any atom is 0.237 e. The molecular weight excluding hydrogens is 240 g/mol. The number of hydrogen-bond acceptors (Lipinski definition) is 3.